The molecule has 1 amide bonds. The minimum absolute atomic E-state index is 0.0127. The number of rotatable bonds is 3. The summed E-state index contributed by atoms with van der Waals surface area (Å²) in [6, 6.07) is 5.13. The predicted octanol–water partition coefficient (Wildman–Crippen LogP) is 0.998. The molecule has 0 bridgehead atoms. The van der Waals surface area contributed by atoms with E-state index in [9.17, 15) is 13.2 Å². The van der Waals surface area contributed by atoms with Gasteiger partial charge in [0.25, 0.3) is 5.91 Å². The van der Waals surface area contributed by atoms with Gasteiger partial charge in [-0.3, -0.25) is 4.79 Å². The molecule has 0 saturated carbocycles. The number of pyridine rings is 1. The van der Waals surface area contributed by atoms with Crippen molar-refractivity contribution >= 4 is 31.9 Å². The van der Waals surface area contributed by atoms with Gasteiger partial charge in [0.1, 0.15) is 10.3 Å². The molecule has 6 nitrogen and oxygen atoms in total. The van der Waals surface area contributed by atoms with Gasteiger partial charge in [0.15, 0.2) is 0 Å². The average molecular weight is 362 g/mol. The molecule has 0 aromatic carbocycles. The maximum absolute atomic E-state index is 12.0. The quantitative estimate of drug-likeness (QED) is 0.814. The fraction of sp³-hybridized carbons (Fsp3) is 0.500. The highest BCUT2D eigenvalue weighted by Gasteiger charge is 2.26. The second-order valence-corrected chi connectivity index (χ2v) is 7.55. The molecule has 0 aliphatic carbocycles. The van der Waals surface area contributed by atoms with E-state index >= 15 is 0 Å². The third kappa shape index (κ3) is 4.00. The first-order valence-electron chi connectivity index (χ1n) is 6.25. The molecule has 8 heteroatoms. The van der Waals surface area contributed by atoms with Crippen LogP contribution in [0, 0.1) is 0 Å². The lowest BCUT2D eigenvalue weighted by atomic mass is 10.1. The van der Waals surface area contributed by atoms with Gasteiger partial charge in [-0.15, -0.1) is 0 Å². The molecular weight excluding hydrogens is 346 g/mol. The largest absolute Gasteiger partial charge is 0.348 e. The topological polar surface area (TPSA) is 79.4 Å². The molecule has 0 unspecified atom stereocenters. The van der Waals surface area contributed by atoms with E-state index in [1.807, 2.05) is 0 Å². The van der Waals surface area contributed by atoms with Crippen molar-refractivity contribution in [1.82, 2.24) is 14.6 Å². The summed E-state index contributed by atoms with van der Waals surface area (Å²) in [7, 11) is -3.13. The van der Waals surface area contributed by atoms with Gasteiger partial charge in [0, 0.05) is 19.1 Å². The van der Waals surface area contributed by atoms with Gasteiger partial charge >= 0.3 is 0 Å². The molecule has 0 spiro atoms. The van der Waals surface area contributed by atoms with E-state index in [-0.39, 0.29) is 11.9 Å². The van der Waals surface area contributed by atoms with Crippen molar-refractivity contribution in [3.05, 3.63) is 28.5 Å². The summed E-state index contributed by atoms with van der Waals surface area (Å²) in [5.41, 5.74) is 0.352. The normalized spacial score (nSPS) is 17.9. The Bertz CT molecular complexity index is 598. The van der Waals surface area contributed by atoms with Crippen LogP contribution in [0.2, 0.25) is 0 Å². The Morgan fingerprint density at radius 1 is 1.40 bits per heavy atom. The molecule has 1 saturated heterocycles. The number of hydrogen-bond acceptors (Lipinski definition) is 4. The van der Waals surface area contributed by atoms with Gasteiger partial charge in [0.2, 0.25) is 10.0 Å². The second-order valence-electron chi connectivity index (χ2n) is 4.76. The number of carbonyl (C=O) groups is 1. The van der Waals surface area contributed by atoms with Crippen LogP contribution in [0.3, 0.4) is 0 Å². The molecule has 2 rings (SSSR count). The number of amides is 1. The summed E-state index contributed by atoms with van der Waals surface area (Å²) in [5, 5.41) is 2.89. The molecule has 1 N–H and O–H groups in total. The summed E-state index contributed by atoms with van der Waals surface area (Å²) in [4.78, 5) is 16.1. The molecule has 0 radical (unpaired) electrons. The Morgan fingerprint density at radius 3 is 2.60 bits per heavy atom. The van der Waals surface area contributed by atoms with Crippen LogP contribution in [0.5, 0.6) is 0 Å². The van der Waals surface area contributed by atoms with Crippen molar-refractivity contribution in [2.24, 2.45) is 0 Å². The Labute approximate surface area is 126 Å². The van der Waals surface area contributed by atoms with E-state index in [1.54, 1.807) is 18.2 Å². The zero-order chi connectivity index (χ0) is 14.8. The van der Waals surface area contributed by atoms with Crippen LogP contribution in [0.15, 0.2) is 22.8 Å². The molecule has 1 aromatic rings. The maximum Gasteiger partial charge on any atom is 0.270 e. The summed E-state index contributed by atoms with van der Waals surface area (Å²) in [6.45, 7) is 0.880. The van der Waals surface area contributed by atoms with E-state index < -0.39 is 10.0 Å². The van der Waals surface area contributed by atoms with Crippen molar-refractivity contribution in [2.45, 2.75) is 18.9 Å². The van der Waals surface area contributed by atoms with Gasteiger partial charge in [0.05, 0.1) is 6.26 Å². The monoisotopic (exact) mass is 361 g/mol. The minimum atomic E-state index is -3.13. The Balaban J connectivity index is 1.91. The highest BCUT2D eigenvalue weighted by molar-refractivity contribution is 9.10. The molecule has 1 aliphatic rings. The summed E-state index contributed by atoms with van der Waals surface area (Å²) < 4.78 is 24.8. The minimum Gasteiger partial charge on any atom is -0.348 e. The van der Waals surface area contributed by atoms with Gasteiger partial charge in [-0.1, -0.05) is 6.07 Å². The van der Waals surface area contributed by atoms with Crippen molar-refractivity contribution in [2.75, 3.05) is 19.3 Å². The fourth-order valence-electron chi connectivity index (χ4n) is 2.13. The van der Waals surface area contributed by atoms with Crippen LogP contribution in [0.1, 0.15) is 23.3 Å². The summed E-state index contributed by atoms with van der Waals surface area (Å²) >= 11 is 3.22. The average Bonchev–Trinajstić information content (AvgIpc) is 2.38. The standard InChI is InChI=1S/C12H16BrN3O3S/c1-20(18,19)16-7-5-9(6-8-16)14-12(17)10-3-2-4-11(13)15-10/h2-4,9H,5-8H2,1H3,(H,14,17). The third-order valence-corrected chi connectivity index (χ3v) is 4.95. The lowest BCUT2D eigenvalue weighted by Crippen LogP contribution is -2.46. The van der Waals surface area contributed by atoms with Crippen LogP contribution in [-0.4, -0.2) is 49.0 Å². The molecule has 1 aromatic heterocycles. The molecule has 1 fully saturated rings. The van der Waals surface area contributed by atoms with Gasteiger partial charge < -0.3 is 5.32 Å². The number of nitrogens with one attached hydrogen (secondary N) is 1. The number of carbonyl (C=O) groups excluding carboxylic acids is 1. The third-order valence-electron chi connectivity index (χ3n) is 3.21. The number of hydrogen-bond donors (Lipinski definition) is 1. The molecule has 2 heterocycles. The van der Waals surface area contributed by atoms with Crippen molar-refractivity contribution in [3.63, 3.8) is 0 Å². The smallest absolute Gasteiger partial charge is 0.270 e. The first kappa shape index (κ1) is 15.4. The first-order chi connectivity index (χ1) is 9.36. The number of nitrogens with zero attached hydrogens (tertiary/aromatic N) is 2. The van der Waals surface area contributed by atoms with Gasteiger partial charge in [-0.25, -0.2) is 17.7 Å². The zero-order valence-electron chi connectivity index (χ0n) is 11.0. The van der Waals surface area contributed by atoms with Crippen molar-refractivity contribution in [1.29, 1.82) is 0 Å². The fourth-order valence-corrected chi connectivity index (χ4v) is 3.34. The Morgan fingerprint density at radius 2 is 2.05 bits per heavy atom. The molecule has 0 atom stereocenters. The summed E-state index contributed by atoms with van der Waals surface area (Å²) in [5.74, 6) is -0.232. The van der Waals surface area contributed by atoms with Crippen LogP contribution in [0.4, 0.5) is 0 Å². The van der Waals surface area contributed by atoms with Crippen LogP contribution < -0.4 is 5.32 Å². The predicted molar refractivity (Wildman–Crippen MR) is 78.8 cm³/mol. The van der Waals surface area contributed by atoms with E-state index in [2.05, 4.69) is 26.2 Å². The Kier molecular flexibility index (Phi) is 4.77. The maximum atomic E-state index is 12.0. The van der Waals surface area contributed by atoms with Crippen LogP contribution >= 0.6 is 15.9 Å². The lowest BCUT2D eigenvalue weighted by molar-refractivity contribution is 0.0918. The van der Waals surface area contributed by atoms with Crippen molar-refractivity contribution in [3.8, 4) is 0 Å². The van der Waals surface area contributed by atoms with E-state index in [0.29, 0.717) is 36.2 Å². The highest BCUT2D eigenvalue weighted by Crippen LogP contribution is 2.14. The van der Waals surface area contributed by atoms with E-state index in [4.69, 9.17) is 0 Å². The number of sulfonamides is 1. The van der Waals surface area contributed by atoms with Crippen LogP contribution in [-0.2, 0) is 10.0 Å². The first-order valence-corrected chi connectivity index (χ1v) is 8.89. The van der Waals surface area contributed by atoms with Crippen LogP contribution in [0.25, 0.3) is 0 Å². The lowest BCUT2D eigenvalue weighted by Gasteiger charge is -2.30. The number of aromatic nitrogens is 1. The van der Waals surface area contributed by atoms with Gasteiger partial charge in [-0.05, 0) is 40.9 Å². The van der Waals surface area contributed by atoms with E-state index in [1.165, 1.54) is 10.6 Å². The van der Waals surface area contributed by atoms with Crippen molar-refractivity contribution < 1.29 is 13.2 Å². The SMILES string of the molecule is CS(=O)(=O)N1CCC(NC(=O)c2cccc(Br)n2)CC1. The Hall–Kier alpha value is -0.990. The molecule has 110 valence electrons. The second kappa shape index (κ2) is 6.19. The molecular formula is C12H16BrN3O3S. The zero-order valence-corrected chi connectivity index (χ0v) is 13.4. The number of halogens is 1. The van der Waals surface area contributed by atoms with E-state index in [0.717, 1.165) is 0 Å². The number of piperidine rings is 1. The summed E-state index contributed by atoms with van der Waals surface area (Å²) in [6.07, 6.45) is 2.44. The molecule has 20 heavy (non-hydrogen) atoms. The van der Waals surface area contributed by atoms with Gasteiger partial charge in [-0.2, -0.15) is 0 Å². The highest BCUT2D eigenvalue weighted by atomic mass is 79.9. The molecule has 1 aliphatic heterocycles.